The Morgan fingerprint density at radius 2 is 2.22 bits per heavy atom. The second-order valence-electron chi connectivity index (χ2n) is 4.93. The summed E-state index contributed by atoms with van der Waals surface area (Å²) in [5.74, 6) is 0. The number of hydrogen-bond donors (Lipinski definition) is 1. The van der Waals surface area contributed by atoms with Crippen LogP contribution >= 0.6 is 0 Å². The van der Waals surface area contributed by atoms with E-state index in [1.165, 1.54) is 25.7 Å². The summed E-state index contributed by atoms with van der Waals surface area (Å²) in [4.78, 5) is 0. The zero-order chi connectivity index (χ0) is 12.8. The SMILES string of the molecule is Cc1cc(NCCC2=CCCCC2)ccc1C#N. The van der Waals surface area contributed by atoms with Gasteiger partial charge in [-0.1, -0.05) is 11.6 Å². The van der Waals surface area contributed by atoms with Gasteiger partial charge < -0.3 is 5.32 Å². The first-order valence-corrected chi connectivity index (χ1v) is 6.72. The first-order chi connectivity index (χ1) is 8.79. The van der Waals surface area contributed by atoms with Gasteiger partial charge in [-0.25, -0.2) is 0 Å². The van der Waals surface area contributed by atoms with Gasteiger partial charge in [0, 0.05) is 12.2 Å². The van der Waals surface area contributed by atoms with Crippen LogP contribution in [-0.4, -0.2) is 6.54 Å². The third-order valence-electron chi connectivity index (χ3n) is 3.51. The molecule has 18 heavy (non-hydrogen) atoms. The van der Waals surface area contributed by atoms with Gasteiger partial charge in [-0.3, -0.25) is 0 Å². The standard InChI is InChI=1S/C16H20N2/c1-13-11-16(8-7-15(13)12-17)18-10-9-14-5-3-2-4-6-14/h5,7-8,11,18H,2-4,6,9-10H2,1H3. The Hall–Kier alpha value is -1.75. The van der Waals surface area contributed by atoms with Gasteiger partial charge in [0.2, 0.25) is 0 Å². The number of nitrogens with one attached hydrogen (secondary N) is 1. The fourth-order valence-corrected chi connectivity index (χ4v) is 2.40. The molecule has 0 heterocycles. The molecule has 1 aliphatic carbocycles. The predicted molar refractivity (Wildman–Crippen MR) is 75.6 cm³/mol. The maximum atomic E-state index is 8.88. The molecule has 0 bridgehead atoms. The minimum atomic E-state index is 0.760. The minimum Gasteiger partial charge on any atom is -0.385 e. The third-order valence-corrected chi connectivity index (χ3v) is 3.51. The molecular weight excluding hydrogens is 220 g/mol. The molecule has 0 atom stereocenters. The van der Waals surface area contributed by atoms with Crippen molar-refractivity contribution in [2.45, 2.75) is 39.0 Å². The van der Waals surface area contributed by atoms with Crippen LogP contribution in [0, 0.1) is 18.3 Å². The summed E-state index contributed by atoms with van der Waals surface area (Å²) in [6.07, 6.45) is 8.77. The van der Waals surface area contributed by atoms with E-state index in [0.717, 1.165) is 29.8 Å². The average molecular weight is 240 g/mol. The minimum absolute atomic E-state index is 0.760. The monoisotopic (exact) mass is 240 g/mol. The van der Waals surface area contributed by atoms with Crippen LogP contribution < -0.4 is 5.32 Å². The first-order valence-electron chi connectivity index (χ1n) is 6.72. The molecule has 0 fully saturated rings. The normalized spacial score (nSPS) is 14.8. The Morgan fingerprint density at radius 1 is 1.33 bits per heavy atom. The predicted octanol–water partition coefficient (Wildman–Crippen LogP) is 4.17. The second-order valence-corrected chi connectivity index (χ2v) is 4.93. The smallest absolute Gasteiger partial charge is 0.0994 e. The van der Waals surface area contributed by atoms with Crippen molar-refractivity contribution >= 4 is 5.69 Å². The van der Waals surface area contributed by atoms with Crippen molar-refractivity contribution < 1.29 is 0 Å². The summed E-state index contributed by atoms with van der Waals surface area (Å²) < 4.78 is 0. The van der Waals surface area contributed by atoms with E-state index in [4.69, 9.17) is 5.26 Å². The fraction of sp³-hybridized carbons (Fsp3) is 0.438. The molecule has 1 N–H and O–H groups in total. The zero-order valence-corrected chi connectivity index (χ0v) is 11.0. The van der Waals surface area contributed by atoms with Crippen LogP contribution in [0.3, 0.4) is 0 Å². The molecule has 0 unspecified atom stereocenters. The zero-order valence-electron chi connectivity index (χ0n) is 11.0. The van der Waals surface area contributed by atoms with Crippen molar-refractivity contribution in [1.82, 2.24) is 0 Å². The van der Waals surface area contributed by atoms with Crippen LogP contribution in [0.15, 0.2) is 29.8 Å². The molecule has 2 rings (SSSR count). The van der Waals surface area contributed by atoms with Crippen molar-refractivity contribution in [3.8, 4) is 6.07 Å². The van der Waals surface area contributed by atoms with Crippen molar-refractivity contribution in [3.63, 3.8) is 0 Å². The average Bonchev–Trinajstić information content (AvgIpc) is 2.40. The van der Waals surface area contributed by atoms with Crippen LogP contribution in [-0.2, 0) is 0 Å². The molecule has 0 aromatic heterocycles. The van der Waals surface area contributed by atoms with Gasteiger partial charge in [0.1, 0.15) is 0 Å². The summed E-state index contributed by atoms with van der Waals surface area (Å²) in [6, 6.07) is 8.12. The highest BCUT2D eigenvalue weighted by Gasteiger charge is 2.03. The van der Waals surface area contributed by atoms with Gasteiger partial charge in [0.15, 0.2) is 0 Å². The van der Waals surface area contributed by atoms with E-state index < -0.39 is 0 Å². The lowest BCUT2D eigenvalue weighted by Gasteiger charge is -2.13. The van der Waals surface area contributed by atoms with Crippen LogP contribution in [0.5, 0.6) is 0 Å². The molecule has 94 valence electrons. The second kappa shape index (κ2) is 6.26. The van der Waals surface area contributed by atoms with Crippen molar-refractivity contribution in [2.75, 3.05) is 11.9 Å². The van der Waals surface area contributed by atoms with E-state index in [-0.39, 0.29) is 0 Å². The number of rotatable bonds is 4. The molecule has 1 aromatic rings. The highest BCUT2D eigenvalue weighted by atomic mass is 14.9. The lowest BCUT2D eigenvalue weighted by Crippen LogP contribution is -2.04. The molecule has 2 nitrogen and oxygen atoms in total. The summed E-state index contributed by atoms with van der Waals surface area (Å²) in [5.41, 5.74) is 4.51. The number of aryl methyl sites for hydroxylation is 1. The van der Waals surface area contributed by atoms with Crippen molar-refractivity contribution in [2.24, 2.45) is 0 Å². The Morgan fingerprint density at radius 3 is 2.89 bits per heavy atom. The summed E-state index contributed by atoms with van der Waals surface area (Å²) in [7, 11) is 0. The van der Waals surface area contributed by atoms with E-state index >= 15 is 0 Å². The Labute approximate surface area is 109 Å². The quantitative estimate of drug-likeness (QED) is 0.802. The molecular formula is C16H20N2. The Bertz CT molecular complexity index is 480. The van der Waals surface area contributed by atoms with Crippen LogP contribution in [0.4, 0.5) is 5.69 Å². The number of anilines is 1. The number of nitrogens with zero attached hydrogens (tertiary/aromatic N) is 1. The Kier molecular flexibility index (Phi) is 4.41. The Balaban J connectivity index is 1.85. The molecule has 0 radical (unpaired) electrons. The van der Waals surface area contributed by atoms with Crippen LogP contribution in [0.25, 0.3) is 0 Å². The molecule has 0 spiro atoms. The van der Waals surface area contributed by atoms with E-state index in [0.29, 0.717) is 0 Å². The molecule has 0 aliphatic heterocycles. The topological polar surface area (TPSA) is 35.8 Å². The van der Waals surface area contributed by atoms with Crippen molar-refractivity contribution in [1.29, 1.82) is 5.26 Å². The summed E-state index contributed by atoms with van der Waals surface area (Å²) >= 11 is 0. The van der Waals surface area contributed by atoms with Gasteiger partial charge in [0.05, 0.1) is 11.6 Å². The molecule has 2 heteroatoms. The van der Waals surface area contributed by atoms with Gasteiger partial charge in [-0.15, -0.1) is 0 Å². The van der Waals surface area contributed by atoms with E-state index in [2.05, 4.69) is 17.5 Å². The highest BCUT2D eigenvalue weighted by Crippen LogP contribution is 2.20. The molecule has 0 saturated carbocycles. The van der Waals surface area contributed by atoms with E-state index in [9.17, 15) is 0 Å². The number of nitriles is 1. The largest absolute Gasteiger partial charge is 0.385 e. The van der Waals surface area contributed by atoms with Gasteiger partial charge in [-0.2, -0.15) is 5.26 Å². The van der Waals surface area contributed by atoms with Crippen molar-refractivity contribution in [3.05, 3.63) is 41.0 Å². The molecule has 0 amide bonds. The van der Waals surface area contributed by atoms with Gasteiger partial charge in [-0.05, 0) is 62.8 Å². The maximum Gasteiger partial charge on any atom is 0.0994 e. The fourth-order valence-electron chi connectivity index (χ4n) is 2.40. The number of allylic oxidation sites excluding steroid dienone is 1. The van der Waals surface area contributed by atoms with E-state index in [1.807, 2.05) is 25.1 Å². The molecule has 0 saturated heterocycles. The first kappa shape index (κ1) is 12.7. The summed E-state index contributed by atoms with van der Waals surface area (Å²) in [5, 5.41) is 12.3. The number of benzene rings is 1. The lowest BCUT2D eigenvalue weighted by atomic mass is 9.97. The highest BCUT2D eigenvalue weighted by molar-refractivity contribution is 5.51. The molecule has 1 aliphatic rings. The van der Waals surface area contributed by atoms with Crippen LogP contribution in [0.2, 0.25) is 0 Å². The summed E-state index contributed by atoms with van der Waals surface area (Å²) in [6.45, 7) is 2.96. The van der Waals surface area contributed by atoms with Gasteiger partial charge in [0.25, 0.3) is 0 Å². The van der Waals surface area contributed by atoms with Crippen LogP contribution in [0.1, 0.15) is 43.2 Å². The third kappa shape index (κ3) is 3.37. The molecule has 1 aromatic carbocycles. The van der Waals surface area contributed by atoms with E-state index in [1.54, 1.807) is 5.57 Å². The van der Waals surface area contributed by atoms with Gasteiger partial charge >= 0.3 is 0 Å². The maximum absolute atomic E-state index is 8.88. The lowest BCUT2D eigenvalue weighted by molar-refractivity contribution is 0.679. The number of hydrogen-bond acceptors (Lipinski definition) is 2.